The van der Waals surface area contributed by atoms with Gasteiger partial charge in [-0.1, -0.05) is 42.1 Å². The minimum absolute atomic E-state index is 0.109. The van der Waals surface area contributed by atoms with Gasteiger partial charge in [-0.25, -0.2) is 4.79 Å². The second-order valence-corrected chi connectivity index (χ2v) is 7.96. The molecule has 1 saturated carbocycles. The molecule has 1 saturated heterocycles. The maximum absolute atomic E-state index is 12.5. The number of benzene rings is 1. The van der Waals surface area contributed by atoms with Gasteiger partial charge in [-0.3, -0.25) is 14.5 Å². The molecule has 1 aromatic rings. The highest BCUT2D eigenvalue weighted by Crippen LogP contribution is 2.35. The van der Waals surface area contributed by atoms with Gasteiger partial charge < -0.3 is 10.6 Å². The van der Waals surface area contributed by atoms with Crippen molar-refractivity contribution in [1.82, 2.24) is 15.5 Å². The van der Waals surface area contributed by atoms with Crippen LogP contribution in [-0.2, 0) is 16.0 Å². The van der Waals surface area contributed by atoms with Gasteiger partial charge in [0.05, 0.1) is 0 Å². The smallest absolute Gasteiger partial charge is 0.325 e. The van der Waals surface area contributed by atoms with Crippen LogP contribution >= 0.6 is 23.2 Å². The lowest BCUT2D eigenvalue weighted by molar-refractivity contribution is -0.131. The quantitative estimate of drug-likeness (QED) is 0.675. The Hall–Kier alpha value is -1.79. The number of carbonyl (C=O) groups is 3. The van der Waals surface area contributed by atoms with Crippen molar-refractivity contribution >= 4 is 41.0 Å². The SMILES string of the molecule is O=C(CCCN1C(=O)NC2(CCCC2)C1=O)NCCc1ccc(Cl)cc1Cl. The number of nitrogens with zero attached hydrogens (tertiary/aromatic N) is 1. The van der Waals surface area contributed by atoms with E-state index in [0.29, 0.717) is 42.3 Å². The van der Waals surface area contributed by atoms with Crippen LogP contribution in [0.5, 0.6) is 0 Å². The van der Waals surface area contributed by atoms with Gasteiger partial charge in [-0.2, -0.15) is 0 Å². The number of nitrogens with one attached hydrogen (secondary N) is 2. The van der Waals surface area contributed by atoms with Crippen LogP contribution in [0.3, 0.4) is 0 Å². The van der Waals surface area contributed by atoms with E-state index in [1.807, 2.05) is 6.07 Å². The first-order chi connectivity index (χ1) is 12.9. The standard InChI is InChI=1S/C19H23Cl2N3O3/c20-14-6-5-13(15(21)12-14)7-10-22-16(25)4-3-11-24-17(26)19(23-18(24)27)8-1-2-9-19/h5-6,12H,1-4,7-11H2,(H,22,25)(H,23,27). The molecule has 1 spiro atoms. The molecule has 1 aromatic carbocycles. The van der Waals surface area contributed by atoms with Crippen molar-refractivity contribution in [1.29, 1.82) is 0 Å². The van der Waals surface area contributed by atoms with Gasteiger partial charge in [0, 0.05) is 29.6 Å². The summed E-state index contributed by atoms with van der Waals surface area (Å²) in [5.41, 5.74) is 0.236. The lowest BCUT2D eigenvalue weighted by Gasteiger charge is -2.19. The predicted octanol–water partition coefficient (Wildman–Crippen LogP) is 3.30. The number of hydrogen-bond acceptors (Lipinski definition) is 3. The normalized spacial score (nSPS) is 18.2. The van der Waals surface area contributed by atoms with Crippen LogP contribution in [0.1, 0.15) is 44.1 Å². The molecule has 8 heteroatoms. The summed E-state index contributed by atoms with van der Waals surface area (Å²) in [5, 5.41) is 6.84. The highest BCUT2D eigenvalue weighted by Gasteiger charge is 2.51. The maximum Gasteiger partial charge on any atom is 0.325 e. The van der Waals surface area contributed by atoms with Crippen LogP contribution in [0.4, 0.5) is 4.79 Å². The number of amides is 4. The number of hydrogen-bond donors (Lipinski definition) is 2. The summed E-state index contributed by atoms with van der Waals surface area (Å²) in [6.45, 7) is 0.731. The molecule has 2 aliphatic rings. The monoisotopic (exact) mass is 411 g/mol. The van der Waals surface area contributed by atoms with Crippen molar-refractivity contribution in [3.8, 4) is 0 Å². The number of carbonyl (C=O) groups excluding carboxylic acids is 3. The third-order valence-electron chi connectivity index (χ3n) is 5.22. The second kappa shape index (κ2) is 8.48. The molecule has 27 heavy (non-hydrogen) atoms. The van der Waals surface area contributed by atoms with Gasteiger partial charge in [0.2, 0.25) is 5.91 Å². The molecule has 1 aliphatic heterocycles. The number of rotatable bonds is 7. The van der Waals surface area contributed by atoms with E-state index < -0.39 is 5.54 Å². The first kappa shape index (κ1) is 20.0. The molecule has 0 radical (unpaired) electrons. The molecule has 2 N–H and O–H groups in total. The molecule has 3 rings (SSSR count). The zero-order valence-electron chi connectivity index (χ0n) is 15.0. The molecular weight excluding hydrogens is 389 g/mol. The summed E-state index contributed by atoms with van der Waals surface area (Å²) in [7, 11) is 0. The summed E-state index contributed by atoms with van der Waals surface area (Å²) < 4.78 is 0. The molecule has 0 aromatic heterocycles. The van der Waals surface area contributed by atoms with Crippen LogP contribution in [0, 0.1) is 0 Å². The topological polar surface area (TPSA) is 78.5 Å². The van der Waals surface area contributed by atoms with E-state index in [9.17, 15) is 14.4 Å². The van der Waals surface area contributed by atoms with Crippen LogP contribution in [-0.4, -0.2) is 41.4 Å². The van der Waals surface area contributed by atoms with Gasteiger partial charge in [-0.15, -0.1) is 0 Å². The molecule has 2 fully saturated rings. The van der Waals surface area contributed by atoms with E-state index in [1.54, 1.807) is 12.1 Å². The fourth-order valence-corrected chi connectivity index (χ4v) is 4.25. The van der Waals surface area contributed by atoms with Crippen molar-refractivity contribution in [2.75, 3.05) is 13.1 Å². The summed E-state index contributed by atoms with van der Waals surface area (Å²) in [5.74, 6) is -0.245. The zero-order valence-corrected chi connectivity index (χ0v) is 16.5. The Morgan fingerprint density at radius 3 is 2.67 bits per heavy atom. The van der Waals surface area contributed by atoms with Gasteiger partial charge in [0.25, 0.3) is 5.91 Å². The first-order valence-electron chi connectivity index (χ1n) is 9.26. The van der Waals surface area contributed by atoms with Crippen LogP contribution in [0.2, 0.25) is 10.0 Å². The Morgan fingerprint density at radius 2 is 1.96 bits per heavy atom. The predicted molar refractivity (Wildman–Crippen MR) is 104 cm³/mol. The fourth-order valence-electron chi connectivity index (χ4n) is 3.74. The average molecular weight is 412 g/mol. The summed E-state index contributed by atoms with van der Waals surface area (Å²) >= 11 is 12.0. The molecule has 4 amide bonds. The molecule has 0 bridgehead atoms. The number of urea groups is 1. The minimum Gasteiger partial charge on any atom is -0.356 e. The van der Waals surface area contributed by atoms with E-state index in [0.717, 1.165) is 18.4 Å². The molecule has 1 aliphatic carbocycles. The molecular formula is C19H23Cl2N3O3. The van der Waals surface area contributed by atoms with E-state index >= 15 is 0 Å². The Morgan fingerprint density at radius 1 is 1.22 bits per heavy atom. The first-order valence-corrected chi connectivity index (χ1v) is 10.0. The summed E-state index contributed by atoms with van der Waals surface area (Å²) in [6, 6.07) is 4.95. The lowest BCUT2D eigenvalue weighted by Crippen LogP contribution is -2.44. The van der Waals surface area contributed by atoms with Gasteiger partial charge in [0.1, 0.15) is 5.54 Å². The Kier molecular flexibility index (Phi) is 6.27. The fraction of sp³-hybridized carbons (Fsp3) is 0.526. The lowest BCUT2D eigenvalue weighted by atomic mass is 9.98. The van der Waals surface area contributed by atoms with Gasteiger partial charge >= 0.3 is 6.03 Å². The molecule has 1 heterocycles. The zero-order chi connectivity index (χ0) is 19.4. The third-order valence-corrected chi connectivity index (χ3v) is 5.81. The Bertz CT molecular complexity index is 748. The second-order valence-electron chi connectivity index (χ2n) is 7.12. The van der Waals surface area contributed by atoms with Gasteiger partial charge in [0.15, 0.2) is 0 Å². The van der Waals surface area contributed by atoms with Crippen molar-refractivity contribution in [3.05, 3.63) is 33.8 Å². The highest BCUT2D eigenvalue weighted by atomic mass is 35.5. The van der Waals surface area contributed by atoms with Crippen molar-refractivity contribution in [2.24, 2.45) is 0 Å². The van der Waals surface area contributed by atoms with E-state index in [4.69, 9.17) is 23.2 Å². The Balaban J connectivity index is 1.38. The minimum atomic E-state index is -0.683. The molecule has 0 unspecified atom stereocenters. The molecule has 0 atom stereocenters. The molecule has 6 nitrogen and oxygen atoms in total. The third kappa shape index (κ3) is 4.55. The van der Waals surface area contributed by atoms with E-state index in [1.165, 1.54) is 4.90 Å². The van der Waals surface area contributed by atoms with Crippen molar-refractivity contribution in [3.63, 3.8) is 0 Å². The number of halogens is 2. The van der Waals surface area contributed by atoms with E-state index in [2.05, 4.69) is 10.6 Å². The van der Waals surface area contributed by atoms with Crippen LogP contribution in [0.25, 0.3) is 0 Å². The van der Waals surface area contributed by atoms with Crippen LogP contribution in [0.15, 0.2) is 18.2 Å². The largest absolute Gasteiger partial charge is 0.356 e. The maximum atomic E-state index is 12.5. The van der Waals surface area contributed by atoms with Crippen LogP contribution < -0.4 is 10.6 Å². The summed E-state index contributed by atoms with van der Waals surface area (Å²) in [6.07, 6.45) is 4.65. The number of imide groups is 1. The van der Waals surface area contributed by atoms with Crippen molar-refractivity contribution in [2.45, 2.75) is 50.5 Å². The highest BCUT2D eigenvalue weighted by molar-refractivity contribution is 6.35. The van der Waals surface area contributed by atoms with Gasteiger partial charge in [-0.05, 0) is 43.4 Å². The summed E-state index contributed by atoms with van der Waals surface area (Å²) in [4.78, 5) is 37.8. The van der Waals surface area contributed by atoms with Crippen molar-refractivity contribution < 1.29 is 14.4 Å². The Labute approximate surface area is 168 Å². The average Bonchev–Trinajstić information content (AvgIpc) is 3.17. The van der Waals surface area contributed by atoms with E-state index in [-0.39, 0.29) is 30.8 Å². The molecule has 146 valence electrons.